The van der Waals surface area contributed by atoms with Crippen molar-refractivity contribution in [1.82, 2.24) is 19.8 Å². The molecule has 196 valence electrons. The first-order chi connectivity index (χ1) is 18.5. The van der Waals surface area contributed by atoms with Crippen LogP contribution in [0, 0.1) is 5.82 Å². The number of aryl methyl sites for hydroxylation is 1. The summed E-state index contributed by atoms with van der Waals surface area (Å²) in [6.07, 6.45) is 5.91. The Labute approximate surface area is 224 Å². The Morgan fingerprint density at radius 1 is 1.11 bits per heavy atom. The number of aromatic nitrogens is 2. The third-order valence-electron chi connectivity index (χ3n) is 7.32. The number of rotatable bonds is 6. The van der Waals surface area contributed by atoms with Crippen molar-refractivity contribution in [2.75, 3.05) is 13.1 Å². The molecule has 1 saturated heterocycles. The summed E-state index contributed by atoms with van der Waals surface area (Å²) in [5.74, 6) is 0.275. The van der Waals surface area contributed by atoms with Crippen LogP contribution in [-0.2, 0) is 7.05 Å². The van der Waals surface area contributed by atoms with Crippen molar-refractivity contribution in [1.29, 1.82) is 0 Å². The molecule has 0 radical (unpaired) electrons. The van der Waals surface area contributed by atoms with Crippen molar-refractivity contribution in [2.45, 2.75) is 44.1 Å². The Hall–Kier alpha value is -3.72. The van der Waals surface area contributed by atoms with Crippen molar-refractivity contribution in [3.05, 3.63) is 71.2 Å². The number of para-hydroxylation sites is 1. The van der Waals surface area contributed by atoms with E-state index in [0.29, 0.717) is 34.3 Å². The minimum absolute atomic E-state index is 0.198. The number of nitrogens with zero attached hydrogens (tertiary/aromatic N) is 3. The largest absolute Gasteiger partial charge is 0.412 e. The Morgan fingerprint density at radius 2 is 1.89 bits per heavy atom. The first-order valence-corrected chi connectivity index (χ1v) is 13.9. The molecular weight excluding hydrogens is 503 g/mol. The SMILES string of the molecule is Cn1cc(OC(=O)NC[C@@H]2CCCCN2C(=O)c2nc(C3CC3)sc2-c2ccccc2F)c2ccccc21. The zero-order valence-corrected chi connectivity index (χ0v) is 22.0. The third-order valence-corrected chi connectivity index (χ3v) is 8.58. The molecule has 2 aromatic carbocycles. The first kappa shape index (κ1) is 24.6. The summed E-state index contributed by atoms with van der Waals surface area (Å²) >= 11 is 1.42. The molecule has 0 spiro atoms. The monoisotopic (exact) mass is 532 g/mol. The number of piperidine rings is 1. The van der Waals surface area contributed by atoms with Gasteiger partial charge in [0.1, 0.15) is 11.5 Å². The molecule has 2 aromatic heterocycles. The average Bonchev–Trinajstić information content (AvgIpc) is 3.62. The smallest absolute Gasteiger partial charge is 0.408 e. The number of carbonyl (C=O) groups excluding carboxylic acids is 2. The van der Waals surface area contributed by atoms with Gasteiger partial charge in [-0.2, -0.15) is 0 Å². The Bertz CT molecular complexity index is 1510. The molecule has 0 unspecified atom stereocenters. The van der Waals surface area contributed by atoms with Gasteiger partial charge in [-0.3, -0.25) is 4.79 Å². The third kappa shape index (κ3) is 4.78. The van der Waals surface area contributed by atoms with Crippen LogP contribution in [-0.4, -0.2) is 45.6 Å². The van der Waals surface area contributed by atoms with Crippen LogP contribution in [0.3, 0.4) is 0 Å². The summed E-state index contributed by atoms with van der Waals surface area (Å²) in [6, 6.07) is 14.1. The van der Waals surface area contributed by atoms with Gasteiger partial charge in [0, 0.05) is 49.2 Å². The van der Waals surface area contributed by atoms with E-state index in [1.807, 2.05) is 35.9 Å². The van der Waals surface area contributed by atoms with Gasteiger partial charge in [0.25, 0.3) is 5.91 Å². The van der Waals surface area contributed by atoms with Gasteiger partial charge in [0.2, 0.25) is 0 Å². The molecule has 1 saturated carbocycles. The predicted molar refractivity (Wildman–Crippen MR) is 145 cm³/mol. The number of benzene rings is 2. The van der Waals surface area contributed by atoms with Crippen LogP contribution in [0.2, 0.25) is 0 Å². The van der Waals surface area contributed by atoms with Crippen LogP contribution in [0.25, 0.3) is 21.3 Å². The number of halogens is 1. The maximum atomic E-state index is 14.7. The second-order valence-corrected chi connectivity index (χ2v) is 11.1. The van der Waals surface area contributed by atoms with E-state index in [2.05, 4.69) is 5.32 Å². The van der Waals surface area contributed by atoms with Crippen LogP contribution in [0.15, 0.2) is 54.7 Å². The standard InChI is InChI=1S/C29H29FN4O3S/c1-33-17-24(21-10-3-5-12-23(21)33)37-29(36)31-16-19-8-6-7-15-34(19)28(35)25-26(20-9-2-4-11-22(20)30)38-27(32-25)18-13-14-18/h2-5,9-12,17-19H,6-8,13-16H2,1H3,(H,31,36)/t19-/m0/s1. The van der Waals surface area contributed by atoms with Crippen molar-refractivity contribution in [2.24, 2.45) is 7.05 Å². The molecule has 1 aliphatic carbocycles. The lowest BCUT2D eigenvalue weighted by atomic mass is 10.0. The minimum Gasteiger partial charge on any atom is -0.408 e. The lowest BCUT2D eigenvalue weighted by Crippen LogP contribution is -2.50. The Morgan fingerprint density at radius 3 is 2.71 bits per heavy atom. The van der Waals surface area contributed by atoms with Crippen LogP contribution in [0.1, 0.15) is 53.5 Å². The van der Waals surface area contributed by atoms with Crippen molar-refractivity contribution in [3.63, 3.8) is 0 Å². The van der Waals surface area contributed by atoms with Gasteiger partial charge in [0.05, 0.1) is 15.4 Å². The Kier molecular flexibility index (Phi) is 6.61. The first-order valence-electron chi connectivity index (χ1n) is 13.1. The van der Waals surface area contributed by atoms with Crippen LogP contribution in [0.4, 0.5) is 9.18 Å². The van der Waals surface area contributed by atoms with Crippen molar-refractivity contribution >= 4 is 34.2 Å². The molecule has 0 bridgehead atoms. The van der Waals surface area contributed by atoms with Crippen LogP contribution in [0.5, 0.6) is 5.75 Å². The quantitative estimate of drug-likeness (QED) is 0.326. The highest BCUT2D eigenvalue weighted by Crippen LogP contribution is 2.45. The van der Waals surface area contributed by atoms with Gasteiger partial charge in [-0.1, -0.05) is 30.3 Å². The lowest BCUT2D eigenvalue weighted by molar-refractivity contribution is 0.0607. The van der Waals surface area contributed by atoms with Crippen molar-refractivity contribution < 1.29 is 18.7 Å². The number of hydrogen-bond acceptors (Lipinski definition) is 5. The zero-order chi connectivity index (χ0) is 26.2. The highest BCUT2D eigenvalue weighted by atomic mass is 32.1. The summed E-state index contributed by atoms with van der Waals surface area (Å²) < 4.78 is 22.3. The van der Waals surface area contributed by atoms with Crippen LogP contribution >= 0.6 is 11.3 Å². The van der Waals surface area contributed by atoms with E-state index in [1.54, 1.807) is 29.3 Å². The zero-order valence-electron chi connectivity index (χ0n) is 21.2. The summed E-state index contributed by atoms with van der Waals surface area (Å²) in [5, 5.41) is 4.61. The van der Waals surface area contributed by atoms with Gasteiger partial charge in [-0.05, 0) is 50.3 Å². The van der Waals surface area contributed by atoms with E-state index in [1.165, 1.54) is 17.4 Å². The fourth-order valence-electron chi connectivity index (χ4n) is 5.15. The van der Waals surface area contributed by atoms with E-state index in [9.17, 15) is 14.0 Å². The molecule has 9 heteroatoms. The van der Waals surface area contributed by atoms with E-state index >= 15 is 0 Å². The summed E-state index contributed by atoms with van der Waals surface area (Å²) in [7, 11) is 1.90. The van der Waals surface area contributed by atoms with Gasteiger partial charge in [0.15, 0.2) is 5.75 Å². The van der Waals surface area contributed by atoms with E-state index in [-0.39, 0.29) is 24.3 Å². The summed E-state index contributed by atoms with van der Waals surface area (Å²) in [4.78, 5) is 33.7. The molecular formula is C29H29FN4O3S. The molecule has 2 amide bonds. The molecule has 2 aliphatic rings. The van der Waals surface area contributed by atoms with Gasteiger partial charge in [-0.15, -0.1) is 11.3 Å². The molecule has 4 aromatic rings. The number of thiazole rings is 1. The second-order valence-electron chi connectivity index (χ2n) is 10.0. The number of ether oxygens (including phenoxy) is 1. The number of amides is 2. The average molecular weight is 533 g/mol. The number of carbonyl (C=O) groups is 2. The van der Waals surface area contributed by atoms with Gasteiger partial charge >= 0.3 is 6.09 Å². The second kappa shape index (κ2) is 10.2. The number of nitrogens with one attached hydrogen (secondary N) is 1. The van der Waals surface area contributed by atoms with Gasteiger partial charge in [-0.25, -0.2) is 14.2 Å². The van der Waals surface area contributed by atoms with Crippen molar-refractivity contribution in [3.8, 4) is 16.2 Å². The molecule has 7 nitrogen and oxygen atoms in total. The fourth-order valence-corrected chi connectivity index (χ4v) is 6.41. The fraction of sp³-hybridized carbons (Fsp3) is 0.345. The minimum atomic E-state index is -0.559. The summed E-state index contributed by atoms with van der Waals surface area (Å²) in [6.45, 7) is 0.834. The van der Waals surface area contributed by atoms with E-state index in [0.717, 1.165) is 48.0 Å². The van der Waals surface area contributed by atoms with Crippen LogP contribution < -0.4 is 10.1 Å². The van der Waals surface area contributed by atoms with E-state index < -0.39 is 6.09 Å². The number of likely N-dealkylation sites (tertiary alicyclic amines) is 1. The van der Waals surface area contributed by atoms with Gasteiger partial charge < -0.3 is 19.5 Å². The molecule has 1 N–H and O–H groups in total. The topological polar surface area (TPSA) is 76.5 Å². The molecule has 6 rings (SSSR count). The lowest BCUT2D eigenvalue weighted by Gasteiger charge is -2.35. The molecule has 3 heterocycles. The summed E-state index contributed by atoms with van der Waals surface area (Å²) in [5.41, 5.74) is 1.69. The Balaban J connectivity index is 1.19. The molecule has 1 aliphatic heterocycles. The number of hydrogen-bond donors (Lipinski definition) is 1. The normalized spacial score (nSPS) is 17.5. The van der Waals surface area contributed by atoms with E-state index in [4.69, 9.17) is 9.72 Å². The predicted octanol–water partition coefficient (Wildman–Crippen LogP) is 6.10. The highest BCUT2D eigenvalue weighted by Gasteiger charge is 2.35. The maximum absolute atomic E-state index is 14.7. The highest BCUT2D eigenvalue weighted by molar-refractivity contribution is 7.15. The number of fused-ring (bicyclic) bond motifs is 1. The molecule has 1 atom stereocenters. The molecule has 2 fully saturated rings. The maximum Gasteiger partial charge on any atom is 0.412 e. The molecule has 38 heavy (non-hydrogen) atoms.